The molecule has 83 heavy (non-hydrogen) atoms. The second-order valence-corrected chi connectivity index (χ2v) is 25.4. The maximum atomic E-state index is 15.1. The Morgan fingerprint density at radius 1 is 0.446 bits per heavy atom. The summed E-state index contributed by atoms with van der Waals surface area (Å²) in [5.74, 6) is -9.35. The fourth-order valence-corrected chi connectivity index (χ4v) is 10.1. The quantitative estimate of drug-likeness (QED) is 0.148. The minimum Gasteiger partial charge on any atom is -0.370 e. The first-order chi connectivity index (χ1) is 38.3. The molecule has 0 radical (unpaired) electrons. The molecule has 0 aromatic carbocycles. The van der Waals surface area contributed by atoms with Gasteiger partial charge in [-0.3, -0.25) is 57.5 Å². The Labute approximate surface area is 495 Å². The average molecular weight is 1180 g/mol. The molecule has 9 atom stereocenters. The molecule has 24 nitrogen and oxygen atoms in total. The first kappa shape index (κ1) is 74.7. The van der Waals surface area contributed by atoms with Crippen molar-refractivity contribution < 1.29 is 57.5 Å². The van der Waals surface area contributed by atoms with Gasteiger partial charge in [0.15, 0.2) is 0 Å². The average Bonchev–Trinajstić information content (AvgIpc) is 3.59. The number of hydrogen-bond acceptors (Lipinski definition) is 12. The Bertz CT molecular complexity index is 2260. The lowest BCUT2D eigenvalue weighted by atomic mass is 9.95. The van der Waals surface area contributed by atoms with Gasteiger partial charge in [-0.2, -0.15) is 0 Å². The van der Waals surface area contributed by atoms with Gasteiger partial charge < -0.3 is 61.3 Å². The number of rotatable bonds is 16. The Hall–Kier alpha value is -6.36. The van der Waals surface area contributed by atoms with Gasteiger partial charge in [0.25, 0.3) is 0 Å². The van der Waals surface area contributed by atoms with Crippen LogP contribution in [0.2, 0.25) is 0 Å². The predicted octanol–water partition coefficient (Wildman–Crippen LogP) is 1.96. The number of carbonyl (C=O) groups is 12. The molecule has 0 saturated carbocycles. The SMILES string of the molecule is CCC[C@@H]1NC(=O)[C@H](CC(C)C)N(C)C(=O)[C@H](CC(C)C)N(C)C(=O)[C@H](CC(C)C)N(C)C(=O)[C@H](CC(C)C)N(C)C(=O)[C@@H](C)NC(=O)[C@H](CCC(N)=O)NC(=O)[C@H](CC(C)C)N(C)C(=O)[C@H](C(C)C)NC(=O)CN(C)C(=O)CN(C)C1=O. The highest BCUT2D eigenvalue weighted by atomic mass is 16.2. The van der Waals surface area contributed by atoms with Gasteiger partial charge in [-0.25, -0.2) is 0 Å². The first-order valence-corrected chi connectivity index (χ1v) is 29.6. The summed E-state index contributed by atoms with van der Waals surface area (Å²) in [6.45, 7) is 24.3. The minimum absolute atomic E-state index is 0.0921. The van der Waals surface area contributed by atoms with Gasteiger partial charge >= 0.3 is 0 Å². The molecule has 1 heterocycles. The molecule has 1 aliphatic rings. The van der Waals surface area contributed by atoms with E-state index in [1.165, 1.54) is 80.8 Å². The van der Waals surface area contributed by atoms with Gasteiger partial charge in [-0.15, -0.1) is 0 Å². The highest BCUT2D eigenvalue weighted by molar-refractivity contribution is 5.99. The molecule has 0 aromatic rings. The second kappa shape index (κ2) is 34.4. The van der Waals surface area contributed by atoms with E-state index in [-0.39, 0.29) is 81.0 Å². The number of amides is 12. The molecule has 1 aliphatic heterocycles. The zero-order valence-electron chi connectivity index (χ0n) is 54.0. The van der Waals surface area contributed by atoms with Crippen LogP contribution in [-0.4, -0.2) is 222 Å². The van der Waals surface area contributed by atoms with Crippen molar-refractivity contribution in [2.45, 2.75) is 209 Å². The lowest BCUT2D eigenvalue weighted by Crippen LogP contribution is -2.61. The number of nitrogens with one attached hydrogen (secondary N) is 4. The van der Waals surface area contributed by atoms with E-state index >= 15 is 4.79 Å². The van der Waals surface area contributed by atoms with Crippen molar-refractivity contribution in [3.05, 3.63) is 0 Å². The predicted molar refractivity (Wildman–Crippen MR) is 317 cm³/mol. The highest BCUT2D eigenvalue weighted by Gasteiger charge is 2.43. The van der Waals surface area contributed by atoms with Gasteiger partial charge in [-0.05, 0) is 87.4 Å². The first-order valence-electron chi connectivity index (χ1n) is 29.6. The summed E-state index contributed by atoms with van der Waals surface area (Å²) in [5, 5.41) is 10.9. The standard InChI is InChI=1S/C59H106N12O12/c1-22-23-41-55(79)66(16)32-49(74)65(15)31-48(73)64-50(38(12)13)59(83)68(18)43(27-34(4)5)52(76)62-40(24-25-47(60)72)51(75)61-39(14)54(78)69(19)44(28-35(6)7)57(81)71(21)46(30-37(10)11)58(82)70(20)45(29-36(8)9)56(80)67(17)42(26-33(2)3)53(77)63-41/h33-46,50H,22-32H2,1-21H3,(H2,60,72)(H,61,75)(H,62,76)(H,63,77)(H,64,73)/t39-,40+,41+,42+,43+,44+,45+,46+,50+/m1/s1. The van der Waals surface area contributed by atoms with Gasteiger partial charge in [-0.1, -0.05) is 96.4 Å². The number of nitrogens with two attached hydrogens (primary N) is 1. The summed E-state index contributed by atoms with van der Waals surface area (Å²) in [5.41, 5.74) is 5.52. The second-order valence-electron chi connectivity index (χ2n) is 25.4. The normalized spacial score (nSPS) is 25.4. The van der Waals surface area contributed by atoms with E-state index in [0.717, 1.165) is 9.80 Å². The van der Waals surface area contributed by atoms with E-state index in [1.54, 1.807) is 13.8 Å². The van der Waals surface area contributed by atoms with Crippen LogP contribution in [0.3, 0.4) is 0 Å². The summed E-state index contributed by atoms with van der Waals surface area (Å²) in [6.07, 6.45) is 0.735. The molecule has 1 saturated heterocycles. The van der Waals surface area contributed by atoms with E-state index in [2.05, 4.69) is 21.3 Å². The van der Waals surface area contributed by atoms with Crippen LogP contribution >= 0.6 is 0 Å². The molecule has 12 amide bonds. The molecule has 0 unspecified atom stereocenters. The summed E-state index contributed by atoms with van der Waals surface area (Å²) in [6, 6.07) is -10.8. The van der Waals surface area contributed by atoms with E-state index < -0.39 is 144 Å². The van der Waals surface area contributed by atoms with E-state index in [1.807, 2.05) is 76.2 Å². The summed E-state index contributed by atoms with van der Waals surface area (Å²) in [7, 11) is 9.99. The fourth-order valence-electron chi connectivity index (χ4n) is 10.1. The lowest BCUT2D eigenvalue weighted by molar-refractivity contribution is -0.155. The van der Waals surface area contributed by atoms with Crippen LogP contribution in [0.5, 0.6) is 0 Å². The van der Waals surface area contributed by atoms with Gasteiger partial charge in [0.1, 0.15) is 54.4 Å². The van der Waals surface area contributed by atoms with Crippen molar-refractivity contribution in [1.29, 1.82) is 0 Å². The molecule has 1 rings (SSSR count). The number of nitrogens with zero attached hydrogens (tertiary/aromatic N) is 7. The smallest absolute Gasteiger partial charge is 0.245 e. The molecule has 0 bridgehead atoms. The molecular formula is C59H106N12O12. The Morgan fingerprint density at radius 3 is 1.18 bits per heavy atom. The third kappa shape index (κ3) is 23.0. The monoisotopic (exact) mass is 1170 g/mol. The maximum Gasteiger partial charge on any atom is 0.245 e. The number of primary amides is 1. The molecule has 0 aromatic heterocycles. The van der Waals surface area contributed by atoms with Crippen LogP contribution in [0.25, 0.3) is 0 Å². The van der Waals surface area contributed by atoms with Crippen LogP contribution in [0.4, 0.5) is 0 Å². The van der Waals surface area contributed by atoms with Crippen molar-refractivity contribution in [3.8, 4) is 0 Å². The molecule has 0 spiro atoms. The number of likely N-dealkylation sites (N-methyl/N-ethyl adjacent to an activating group) is 7. The minimum atomic E-state index is -1.45. The van der Waals surface area contributed by atoms with Crippen molar-refractivity contribution >= 4 is 70.9 Å². The number of carbonyl (C=O) groups excluding carboxylic acids is 12. The summed E-state index contributed by atoms with van der Waals surface area (Å²) < 4.78 is 0. The number of hydrogen-bond donors (Lipinski definition) is 5. The van der Waals surface area contributed by atoms with Gasteiger partial charge in [0.05, 0.1) is 13.1 Å². The Balaban J connectivity index is 4.25. The maximum absolute atomic E-state index is 15.1. The van der Waals surface area contributed by atoms with E-state index in [4.69, 9.17) is 5.73 Å². The zero-order chi connectivity index (χ0) is 64.2. The fraction of sp³-hybridized carbons (Fsp3) is 0.797. The molecular weight excluding hydrogens is 1070 g/mol. The van der Waals surface area contributed by atoms with Gasteiger partial charge in [0, 0.05) is 55.8 Å². The zero-order valence-corrected chi connectivity index (χ0v) is 54.0. The van der Waals surface area contributed by atoms with Gasteiger partial charge in [0.2, 0.25) is 70.9 Å². The molecule has 24 heteroatoms. The third-order valence-electron chi connectivity index (χ3n) is 15.0. The van der Waals surface area contributed by atoms with Crippen molar-refractivity contribution in [2.24, 2.45) is 41.2 Å². The summed E-state index contributed by atoms with van der Waals surface area (Å²) in [4.78, 5) is 179. The highest BCUT2D eigenvalue weighted by Crippen LogP contribution is 2.24. The van der Waals surface area contributed by atoms with Crippen LogP contribution in [0.1, 0.15) is 155 Å². The largest absolute Gasteiger partial charge is 0.370 e. The van der Waals surface area contributed by atoms with Crippen molar-refractivity contribution in [2.75, 3.05) is 62.4 Å². The summed E-state index contributed by atoms with van der Waals surface area (Å²) >= 11 is 0. The lowest BCUT2D eigenvalue weighted by Gasteiger charge is -2.40. The van der Waals surface area contributed by atoms with E-state index in [9.17, 15) is 52.7 Å². The van der Waals surface area contributed by atoms with Crippen molar-refractivity contribution in [3.63, 3.8) is 0 Å². The van der Waals surface area contributed by atoms with E-state index in [0.29, 0.717) is 6.42 Å². The van der Waals surface area contributed by atoms with Crippen LogP contribution in [0, 0.1) is 35.5 Å². The van der Waals surface area contributed by atoms with Crippen LogP contribution in [-0.2, 0) is 57.5 Å². The Kier molecular flexibility index (Phi) is 31.0. The van der Waals surface area contributed by atoms with Crippen LogP contribution in [0.15, 0.2) is 0 Å². The molecule has 0 aliphatic carbocycles. The Morgan fingerprint density at radius 2 is 0.807 bits per heavy atom. The van der Waals surface area contributed by atoms with Crippen LogP contribution < -0.4 is 27.0 Å². The molecule has 474 valence electrons. The molecule has 6 N–H and O–H groups in total. The van der Waals surface area contributed by atoms with Crippen molar-refractivity contribution in [1.82, 2.24) is 55.6 Å². The topological polar surface area (TPSA) is 302 Å². The third-order valence-corrected chi connectivity index (χ3v) is 15.0. The molecule has 1 fully saturated rings.